The summed E-state index contributed by atoms with van der Waals surface area (Å²) >= 11 is 0. The van der Waals surface area contributed by atoms with Gasteiger partial charge in [-0.2, -0.15) is 0 Å². The van der Waals surface area contributed by atoms with E-state index in [1.54, 1.807) is 0 Å². The summed E-state index contributed by atoms with van der Waals surface area (Å²) in [6.07, 6.45) is 8.05. The topological polar surface area (TPSA) is 21.3 Å². The van der Waals surface area contributed by atoms with Gasteiger partial charge in [0.15, 0.2) is 11.6 Å². The van der Waals surface area contributed by atoms with Gasteiger partial charge in [0, 0.05) is 19.3 Å². The van der Waals surface area contributed by atoms with Gasteiger partial charge in [0.1, 0.15) is 0 Å². The Morgan fingerprint density at radius 2 is 1.67 bits per heavy atom. The number of hydrogen-bond acceptors (Lipinski definition) is 2. The van der Waals surface area contributed by atoms with Gasteiger partial charge in [0.05, 0.1) is 0 Å². The van der Waals surface area contributed by atoms with Crippen LogP contribution in [0.3, 0.4) is 0 Å². The van der Waals surface area contributed by atoms with Gasteiger partial charge in [-0.1, -0.05) is 0 Å². The van der Waals surface area contributed by atoms with Crippen LogP contribution in [-0.4, -0.2) is 25.8 Å². The van der Waals surface area contributed by atoms with E-state index in [-0.39, 0.29) is 0 Å². The molecule has 0 unspecified atom stereocenters. The van der Waals surface area contributed by atoms with Crippen LogP contribution < -0.4 is 5.32 Å². The van der Waals surface area contributed by atoms with E-state index < -0.39 is 11.6 Å². The van der Waals surface area contributed by atoms with Gasteiger partial charge in [-0.15, -0.1) is 0 Å². The van der Waals surface area contributed by atoms with Crippen molar-refractivity contribution in [2.24, 2.45) is 5.92 Å². The van der Waals surface area contributed by atoms with Crippen LogP contribution in [0, 0.1) is 24.5 Å². The Labute approximate surface area is 144 Å². The lowest BCUT2D eigenvalue weighted by atomic mass is 9.76. The maximum Gasteiger partial charge on any atom is 0.159 e. The zero-order valence-electron chi connectivity index (χ0n) is 14.6. The molecule has 2 fully saturated rings. The van der Waals surface area contributed by atoms with Crippen molar-refractivity contribution in [3.8, 4) is 0 Å². The van der Waals surface area contributed by atoms with Crippen molar-refractivity contribution in [3.63, 3.8) is 0 Å². The van der Waals surface area contributed by atoms with Crippen LogP contribution in [0.15, 0.2) is 12.1 Å². The summed E-state index contributed by atoms with van der Waals surface area (Å²) in [4.78, 5) is 0. The van der Waals surface area contributed by atoms with Crippen molar-refractivity contribution in [2.75, 3.05) is 19.8 Å². The molecule has 3 rings (SSSR count). The zero-order chi connectivity index (χ0) is 16.9. The van der Waals surface area contributed by atoms with Crippen LogP contribution >= 0.6 is 0 Å². The van der Waals surface area contributed by atoms with Crippen molar-refractivity contribution in [2.45, 2.75) is 63.8 Å². The average molecular weight is 337 g/mol. The van der Waals surface area contributed by atoms with Gasteiger partial charge in [0.25, 0.3) is 0 Å². The molecule has 1 aromatic rings. The second-order valence-corrected chi connectivity index (χ2v) is 7.47. The minimum absolute atomic E-state index is 0.389. The summed E-state index contributed by atoms with van der Waals surface area (Å²) in [5.41, 5.74) is 1.89. The van der Waals surface area contributed by atoms with Crippen molar-refractivity contribution in [1.82, 2.24) is 5.32 Å². The quantitative estimate of drug-likeness (QED) is 0.840. The van der Waals surface area contributed by atoms with E-state index in [2.05, 4.69) is 5.32 Å². The Kier molecular flexibility index (Phi) is 6.23. The SMILES string of the molecule is Cc1cc(F)c(F)cc1C1CCC(CCNC2CCOCC2)CC1. The molecule has 1 aliphatic heterocycles. The van der Waals surface area contributed by atoms with Gasteiger partial charge < -0.3 is 10.1 Å². The Morgan fingerprint density at radius 1 is 1.00 bits per heavy atom. The first-order chi connectivity index (χ1) is 11.6. The van der Waals surface area contributed by atoms with E-state index >= 15 is 0 Å². The lowest BCUT2D eigenvalue weighted by Crippen LogP contribution is -2.36. The van der Waals surface area contributed by atoms with Crippen LogP contribution in [0.2, 0.25) is 0 Å². The highest BCUT2D eigenvalue weighted by atomic mass is 19.2. The molecule has 134 valence electrons. The molecule has 2 nitrogen and oxygen atoms in total. The fraction of sp³-hybridized carbons (Fsp3) is 0.700. The number of ether oxygens (including phenoxy) is 1. The molecule has 0 radical (unpaired) electrons. The van der Waals surface area contributed by atoms with E-state index in [0.717, 1.165) is 62.5 Å². The molecule has 1 aromatic carbocycles. The second kappa shape index (κ2) is 8.39. The highest BCUT2D eigenvalue weighted by molar-refractivity contribution is 5.31. The lowest BCUT2D eigenvalue weighted by molar-refractivity contribution is 0.0775. The Bertz CT molecular complexity index is 535. The molecule has 1 aliphatic carbocycles. The summed E-state index contributed by atoms with van der Waals surface area (Å²) in [5, 5.41) is 3.66. The molecule has 0 spiro atoms. The van der Waals surface area contributed by atoms with Crippen molar-refractivity contribution in [1.29, 1.82) is 0 Å². The highest BCUT2D eigenvalue weighted by Crippen LogP contribution is 2.38. The maximum absolute atomic E-state index is 13.5. The first kappa shape index (κ1) is 17.8. The Hall–Kier alpha value is -1.00. The summed E-state index contributed by atoms with van der Waals surface area (Å²) in [6, 6.07) is 3.39. The van der Waals surface area contributed by atoms with E-state index in [4.69, 9.17) is 4.74 Å². The third-order valence-corrected chi connectivity index (χ3v) is 5.80. The van der Waals surface area contributed by atoms with Crippen LogP contribution in [0.4, 0.5) is 8.78 Å². The first-order valence-corrected chi connectivity index (χ1v) is 9.40. The summed E-state index contributed by atoms with van der Waals surface area (Å²) in [7, 11) is 0. The normalized spacial score (nSPS) is 25.8. The predicted molar refractivity (Wildman–Crippen MR) is 92.3 cm³/mol. The zero-order valence-corrected chi connectivity index (χ0v) is 14.6. The highest BCUT2D eigenvalue weighted by Gasteiger charge is 2.24. The molecule has 4 heteroatoms. The minimum Gasteiger partial charge on any atom is -0.381 e. The molecular formula is C20H29F2NO. The van der Waals surface area contributed by atoms with E-state index in [1.165, 1.54) is 31.4 Å². The van der Waals surface area contributed by atoms with Gasteiger partial charge in [-0.05, 0) is 93.5 Å². The monoisotopic (exact) mass is 337 g/mol. The maximum atomic E-state index is 13.5. The lowest BCUT2D eigenvalue weighted by Gasteiger charge is -2.30. The van der Waals surface area contributed by atoms with Crippen LogP contribution in [-0.2, 0) is 4.74 Å². The molecule has 1 saturated carbocycles. The van der Waals surface area contributed by atoms with Gasteiger partial charge in [0.2, 0.25) is 0 Å². The number of hydrogen-bond donors (Lipinski definition) is 1. The Morgan fingerprint density at radius 3 is 2.38 bits per heavy atom. The molecule has 2 aliphatic rings. The van der Waals surface area contributed by atoms with E-state index in [0.29, 0.717) is 12.0 Å². The summed E-state index contributed by atoms with van der Waals surface area (Å²) < 4.78 is 32.2. The van der Waals surface area contributed by atoms with Crippen LogP contribution in [0.5, 0.6) is 0 Å². The van der Waals surface area contributed by atoms with Gasteiger partial charge in [-0.25, -0.2) is 8.78 Å². The standard InChI is InChI=1S/C20H29F2NO/c1-14-12-19(21)20(22)13-18(14)16-4-2-15(3-5-16)6-9-23-17-7-10-24-11-8-17/h12-13,15-17,23H,2-11H2,1H3. The van der Waals surface area contributed by atoms with E-state index in [1.807, 2.05) is 6.92 Å². The molecule has 0 bridgehead atoms. The largest absolute Gasteiger partial charge is 0.381 e. The van der Waals surface area contributed by atoms with E-state index in [9.17, 15) is 8.78 Å². The van der Waals surface area contributed by atoms with Crippen molar-refractivity contribution >= 4 is 0 Å². The fourth-order valence-corrected chi connectivity index (χ4v) is 4.26. The third kappa shape index (κ3) is 4.54. The third-order valence-electron chi connectivity index (χ3n) is 5.80. The van der Waals surface area contributed by atoms with Crippen molar-refractivity contribution < 1.29 is 13.5 Å². The number of aryl methyl sites for hydroxylation is 1. The number of rotatable bonds is 5. The van der Waals surface area contributed by atoms with Crippen molar-refractivity contribution in [3.05, 3.63) is 34.9 Å². The smallest absolute Gasteiger partial charge is 0.159 e. The van der Waals surface area contributed by atoms with Crippen LogP contribution in [0.1, 0.15) is 62.0 Å². The molecule has 1 N–H and O–H groups in total. The number of halogens is 2. The van der Waals surface area contributed by atoms with Crippen LogP contribution in [0.25, 0.3) is 0 Å². The fourth-order valence-electron chi connectivity index (χ4n) is 4.26. The number of nitrogens with one attached hydrogen (secondary N) is 1. The second-order valence-electron chi connectivity index (χ2n) is 7.47. The molecule has 24 heavy (non-hydrogen) atoms. The molecule has 0 aromatic heterocycles. The summed E-state index contributed by atoms with van der Waals surface area (Å²) in [6.45, 7) is 4.75. The minimum atomic E-state index is -0.732. The molecule has 0 amide bonds. The average Bonchev–Trinajstić information content (AvgIpc) is 2.60. The molecular weight excluding hydrogens is 308 g/mol. The van der Waals surface area contributed by atoms with Gasteiger partial charge in [-0.3, -0.25) is 0 Å². The predicted octanol–water partition coefficient (Wildman–Crippen LogP) is 4.71. The Balaban J connectivity index is 1.43. The number of benzene rings is 1. The first-order valence-electron chi connectivity index (χ1n) is 9.40. The summed E-state index contributed by atoms with van der Waals surface area (Å²) in [5.74, 6) is -0.290. The molecule has 1 heterocycles. The molecule has 0 atom stereocenters. The molecule has 1 saturated heterocycles. The van der Waals surface area contributed by atoms with Gasteiger partial charge >= 0.3 is 0 Å².